The summed E-state index contributed by atoms with van der Waals surface area (Å²) < 4.78 is 34.9. The second-order valence-corrected chi connectivity index (χ2v) is 10.1. The second kappa shape index (κ2) is 7.31. The first-order valence-corrected chi connectivity index (χ1v) is 11.8. The van der Waals surface area contributed by atoms with Crippen molar-refractivity contribution in [2.75, 3.05) is 17.7 Å². The minimum absolute atomic E-state index is 0.0286. The number of amides is 1. The van der Waals surface area contributed by atoms with Gasteiger partial charge in [-0.1, -0.05) is 18.2 Å². The zero-order valence-electron chi connectivity index (χ0n) is 15.9. The van der Waals surface area contributed by atoms with Gasteiger partial charge in [0.25, 0.3) is 5.91 Å². The van der Waals surface area contributed by atoms with Gasteiger partial charge in [0.05, 0.1) is 23.7 Å². The van der Waals surface area contributed by atoms with Crippen LogP contribution in [0.2, 0.25) is 0 Å². The Bertz CT molecular complexity index is 1240. The third-order valence-corrected chi connectivity index (χ3v) is 7.75. The number of benzene rings is 1. The Labute approximate surface area is 171 Å². The fraction of sp³-hybridized carbons (Fsp3) is 0.300. The van der Waals surface area contributed by atoms with E-state index in [1.165, 1.54) is 0 Å². The van der Waals surface area contributed by atoms with Crippen molar-refractivity contribution in [3.63, 3.8) is 0 Å². The summed E-state index contributed by atoms with van der Waals surface area (Å²) in [5.74, 6) is -1.08. The lowest BCUT2D eigenvalue weighted by molar-refractivity contribution is 0.0527. The molecule has 3 aromatic rings. The Hall–Kier alpha value is -2.65. The first-order valence-electron chi connectivity index (χ1n) is 9.12. The number of para-hydroxylation sites is 1. The van der Waals surface area contributed by atoms with E-state index in [9.17, 15) is 18.0 Å². The molecule has 152 valence electrons. The van der Waals surface area contributed by atoms with Crippen molar-refractivity contribution >= 4 is 49.0 Å². The number of hydrogen-bond donors (Lipinski definition) is 1. The van der Waals surface area contributed by atoms with E-state index in [1.807, 2.05) is 18.2 Å². The fourth-order valence-electron chi connectivity index (χ4n) is 3.48. The molecule has 29 heavy (non-hydrogen) atoms. The van der Waals surface area contributed by atoms with E-state index in [0.717, 1.165) is 16.7 Å². The highest BCUT2D eigenvalue weighted by atomic mass is 32.2. The van der Waals surface area contributed by atoms with Crippen molar-refractivity contribution in [2.45, 2.75) is 26.0 Å². The maximum absolute atomic E-state index is 12.9. The predicted octanol–water partition coefficient (Wildman–Crippen LogP) is 3.70. The molecular weight excluding hydrogens is 414 g/mol. The first kappa shape index (κ1) is 19.7. The lowest BCUT2D eigenvalue weighted by atomic mass is 10.1. The van der Waals surface area contributed by atoms with Crippen molar-refractivity contribution in [1.29, 1.82) is 0 Å². The zero-order valence-corrected chi connectivity index (χ0v) is 17.5. The molecule has 1 N–H and O–H groups in total. The molecule has 1 aliphatic rings. The van der Waals surface area contributed by atoms with Crippen LogP contribution in [0.25, 0.3) is 11.0 Å². The highest BCUT2D eigenvalue weighted by Gasteiger charge is 2.32. The largest absolute Gasteiger partial charge is 0.462 e. The van der Waals surface area contributed by atoms with Crippen molar-refractivity contribution in [1.82, 2.24) is 0 Å². The Balaban J connectivity index is 1.74. The molecule has 0 unspecified atom stereocenters. The quantitative estimate of drug-likeness (QED) is 0.630. The van der Waals surface area contributed by atoms with Gasteiger partial charge >= 0.3 is 5.97 Å². The average Bonchev–Trinajstić information content (AvgIpc) is 3.18. The van der Waals surface area contributed by atoms with Crippen molar-refractivity contribution in [3.05, 3.63) is 51.6 Å². The summed E-state index contributed by atoms with van der Waals surface area (Å²) in [6, 6.07) is 7.32. The molecule has 9 heteroatoms. The molecule has 1 aromatic carbocycles. The number of aryl methyl sites for hydroxylation is 1. The van der Waals surface area contributed by atoms with Crippen molar-refractivity contribution in [2.24, 2.45) is 0 Å². The Morgan fingerprint density at radius 3 is 2.76 bits per heavy atom. The zero-order chi connectivity index (χ0) is 20.8. The van der Waals surface area contributed by atoms with Crippen LogP contribution in [-0.2, 0) is 26.7 Å². The van der Waals surface area contributed by atoms with Gasteiger partial charge in [-0.3, -0.25) is 4.79 Å². The molecule has 1 amide bonds. The van der Waals surface area contributed by atoms with Crippen LogP contribution in [0.15, 0.2) is 28.7 Å². The molecule has 0 atom stereocenters. The third-order valence-electron chi connectivity index (χ3n) is 4.86. The van der Waals surface area contributed by atoms with Crippen LogP contribution in [0, 0.1) is 6.92 Å². The van der Waals surface area contributed by atoms with Crippen LogP contribution in [0.3, 0.4) is 0 Å². The number of furan rings is 1. The van der Waals surface area contributed by atoms with Crippen LogP contribution in [-0.4, -0.2) is 32.7 Å². The van der Waals surface area contributed by atoms with E-state index in [0.29, 0.717) is 21.6 Å². The summed E-state index contributed by atoms with van der Waals surface area (Å²) in [5.41, 5.74) is 2.17. The number of carbonyl (C=O) groups is 2. The van der Waals surface area contributed by atoms with Gasteiger partial charge in [-0.2, -0.15) is 0 Å². The summed E-state index contributed by atoms with van der Waals surface area (Å²) in [5, 5.41) is 3.86. The van der Waals surface area contributed by atoms with Crippen molar-refractivity contribution < 1.29 is 27.2 Å². The van der Waals surface area contributed by atoms with E-state index >= 15 is 0 Å². The summed E-state index contributed by atoms with van der Waals surface area (Å²) in [6.07, 6.45) is 0.224. The van der Waals surface area contributed by atoms with Gasteiger partial charge in [-0.25, -0.2) is 13.2 Å². The standard InChI is InChI=1S/C20H19NO6S2/c1-3-26-20(23)16-13-8-9-29(24,25)10-15(13)28-19(16)21-18(22)17-11(2)12-6-4-5-7-14(12)27-17/h4-7H,3,8-10H2,1-2H3,(H,21,22). The molecule has 4 rings (SSSR count). The SMILES string of the molecule is CCOC(=O)c1c(NC(=O)c2oc3ccccc3c2C)sc2c1CCS(=O)(=O)C2. The highest BCUT2D eigenvalue weighted by Crippen LogP contribution is 2.39. The number of rotatable bonds is 4. The third kappa shape index (κ3) is 3.56. The van der Waals surface area contributed by atoms with Gasteiger partial charge < -0.3 is 14.5 Å². The first-order chi connectivity index (χ1) is 13.8. The molecule has 0 saturated heterocycles. The maximum Gasteiger partial charge on any atom is 0.341 e. The number of thiophene rings is 1. The van der Waals surface area contributed by atoms with Crippen LogP contribution in [0.4, 0.5) is 5.00 Å². The molecule has 7 nitrogen and oxygen atoms in total. The van der Waals surface area contributed by atoms with Gasteiger partial charge in [0.2, 0.25) is 0 Å². The van der Waals surface area contributed by atoms with E-state index < -0.39 is 21.7 Å². The smallest absolute Gasteiger partial charge is 0.341 e. The normalized spacial score (nSPS) is 15.1. The molecule has 2 aromatic heterocycles. The number of anilines is 1. The number of hydrogen-bond acceptors (Lipinski definition) is 7. The minimum atomic E-state index is -3.22. The summed E-state index contributed by atoms with van der Waals surface area (Å²) in [6.45, 7) is 3.66. The molecule has 0 spiro atoms. The highest BCUT2D eigenvalue weighted by molar-refractivity contribution is 7.90. The molecule has 0 aliphatic carbocycles. The van der Waals surface area contributed by atoms with Crippen LogP contribution in [0.1, 0.15) is 43.8 Å². The molecule has 3 heterocycles. The molecule has 0 saturated carbocycles. The number of nitrogens with one attached hydrogen (secondary N) is 1. The molecule has 1 aliphatic heterocycles. The van der Waals surface area contributed by atoms with Crippen LogP contribution < -0.4 is 5.32 Å². The predicted molar refractivity (Wildman–Crippen MR) is 110 cm³/mol. The Morgan fingerprint density at radius 1 is 1.28 bits per heavy atom. The van der Waals surface area contributed by atoms with E-state index in [1.54, 1.807) is 19.9 Å². The van der Waals surface area contributed by atoms with Crippen LogP contribution in [0.5, 0.6) is 0 Å². The maximum atomic E-state index is 12.9. The molecule has 0 bridgehead atoms. The van der Waals surface area contributed by atoms with E-state index in [-0.39, 0.29) is 40.9 Å². The van der Waals surface area contributed by atoms with Gasteiger partial charge in [0.15, 0.2) is 15.6 Å². The van der Waals surface area contributed by atoms with Gasteiger partial charge in [0, 0.05) is 15.8 Å². The topological polar surface area (TPSA) is 103 Å². The lowest BCUT2D eigenvalue weighted by Gasteiger charge is -2.13. The summed E-state index contributed by atoms with van der Waals surface area (Å²) in [4.78, 5) is 26.0. The van der Waals surface area contributed by atoms with Gasteiger partial charge in [-0.05, 0) is 31.9 Å². The molecule has 0 radical (unpaired) electrons. The second-order valence-electron chi connectivity index (χ2n) is 6.78. The van der Waals surface area contributed by atoms with E-state index in [2.05, 4.69) is 5.32 Å². The Kier molecular flexibility index (Phi) is 4.95. The Morgan fingerprint density at radius 2 is 2.03 bits per heavy atom. The number of esters is 1. The monoisotopic (exact) mass is 433 g/mol. The molecular formula is C20H19NO6S2. The molecule has 0 fully saturated rings. The fourth-order valence-corrected chi connectivity index (χ4v) is 6.51. The lowest BCUT2D eigenvalue weighted by Crippen LogP contribution is -2.20. The van der Waals surface area contributed by atoms with Gasteiger partial charge in [-0.15, -0.1) is 11.3 Å². The van der Waals surface area contributed by atoms with Crippen LogP contribution >= 0.6 is 11.3 Å². The van der Waals surface area contributed by atoms with E-state index in [4.69, 9.17) is 9.15 Å². The summed E-state index contributed by atoms with van der Waals surface area (Å²) in [7, 11) is -3.22. The number of carbonyl (C=O) groups excluding carboxylic acids is 2. The number of fused-ring (bicyclic) bond motifs is 2. The van der Waals surface area contributed by atoms with Gasteiger partial charge in [0.1, 0.15) is 10.6 Å². The minimum Gasteiger partial charge on any atom is -0.462 e. The van der Waals surface area contributed by atoms with Crippen molar-refractivity contribution in [3.8, 4) is 0 Å². The average molecular weight is 434 g/mol. The number of ether oxygens (including phenoxy) is 1. The number of sulfone groups is 1. The summed E-state index contributed by atoms with van der Waals surface area (Å²) >= 11 is 1.10.